The Balaban J connectivity index is 1.27. The zero-order valence-corrected chi connectivity index (χ0v) is 34.3. The smallest absolute Gasteiger partial charge is 0.119 e. The molecule has 2 nitrogen and oxygen atoms in total. The third-order valence-electron chi connectivity index (χ3n) is 11.0. The molecule has 0 aliphatic rings. The Morgan fingerprint density at radius 2 is 1.03 bits per heavy atom. The van der Waals surface area contributed by atoms with Crippen molar-refractivity contribution in [2.45, 2.75) is 27.2 Å². The molecule has 0 unspecified atom stereocenters. The molecule has 8 aromatic rings. The molecular formula is C57H49NO. The highest BCUT2D eigenvalue weighted by Gasteiger charge is 2.19. The Bertz CT molecular complexity index is 2740. The molecule has 59 heavy (non-hydrogen) atoms. The Morgan fingerprint density at radius 1 is 0.492 bits per heavy atom. The normalized spacial score (nSPS) is 11.7. The summed E-state index contributed by atoms with van der Waals surface area (Å²) in [6.07, 6.45) is 7.85. The van der Waals surface area contributed by atoms with Gasteiger partial charge in [0.2, 0.25) is 0 Å². The van der Waals surface area contributed by atoms with Crippen molar-refractivity contribution in [3.63, 3.8) is 0 Å². The molecule has 0 spiro atoms. The van der Waals surface area contributed by atoms with Crippen molar-refractivity contribution in [2.75, 3.05) is 12.0 Å². The molecule has 8 rings (SSSR count). The second-order valence-corrected chi connectivity index (χ2v) is 14.9. The molecule has 0 fully saturated rings. The topological polar surface area (TPSA) is 12.5 Å². The number of rotatable bonds is 12. The molecular weight excluding hydrogens is 715 g/mol. The lowest BCUT2D eigenvalue weighted by atomic mass is 9.93. The van der Waals surface area contributed by atoms with Crippen LogP contribution in [-0.4, -0.2) is 7.11 Å². The van der Waals surface area contributed by atoms with E-state index in [1.165, 1.54) is 55.3 Å². The highest BCUT2D eigenvalue weighted by molar-refractivity contribution is 6.04. The molecule has 0 radical (unpaired) electrons. The first-order valence-electron chi connectivity index (χ1n) is 20.4. The Hall–Kier alpha value is -7.16. The van der Waals surface area contributed by atoms with E-state index in [9.17, 15) is 0 Å². The lowest BCUT2D eigenvalue weighted by Crippen LogP contribution is -2.12. The standard InChI is InChI=1S/C57H49NO/c1-5-43(44-19-9-6-10-20-44)40-49-30-36-57(55-27-16-15-26-54(49)55)58(56-37-33-51(59-4)39-42(56)3)50-31-28-47(29-32-50)53(48-25-17-18-41(2)38-48)35-34-52(45-21-11-7-12-22-45)46-23-13-8-14-24-46/h6-40H,5H2,1-4H3/b43-40-,53-35-. The number of ether oxygens (including phenoxy) is 1. The number of methoxy groups -OCH3 is 1. The number of hydrogen-bond acceptors (Lipinski definition) is 2. The van der Waals surface area contributed by atoms with Crippen LogP contribution < -0.4 is 9.64 Å². The fourth-order valence-corrected chi connectivity index (χ4v) is 7.99. The Morgan fingerprint density at radius 3 is 1.63 bits per heavy atom. The average molecular weight is 764 g/mol. The van der Waals surface area contributed by atoms with E-state index in [0.29, 0.717) is 0 Å². The fourth-order valence-electron chi connectivity index (χ4n) is 7.99. The van der Waals surface area contributed by atoms with Crippen LogP contribution in [0.1, 0.15) is 57.9 Å². The van der Waals surface area contributed by atoms with Gasteiger partial charge in [0.15, 0.2) is 0 Å². The van der Waals surface area contributed by atoms with Gasteiger partial charge in [-0.15, -0.1) is 0 Å². The van der Waals surface area contributed by atoms with E-state index >= 15 is 0 Å². The summed E-state index contributed by atoms with van der Waals surface area (Å²) in [6.45, 7) is 6.55. The second-order valence-electron chi connectivity index (χ2n) is 14.9. The van der Waals surface area contributed by atoms with E-state index < -0.39 is 0 Å². The predicted octanol–water partition coefficient (Wildman–Crippen LogP) is 15.4. The number of fused-ring (bicyclic) bond motifs is 1. The van der Waals surface area contributed by atoms with Crippen LogP contribution in [0.4, 0.5) is 17.1 Å². The van der Waals surface area contributed by atoms with Crippen molar-refractivity contribution in [2.24, 2.45) is 0 Å². The molecule has 0 amide bonds. The summed E-state index contributed by atoms with van der Waals surface area (Å²) in [6, 6.07) is 69.5. The quantitative estimate of drug-likeness (QED) is 0.0908. The maximum absolute atomic E-state index is 5.66. The average Bonchev–Trinajstić information content (AvgIpc) is 3.29. The van der Waals surface area contributed by atoms with Crippen LogP contribution in [0.3, 0.4) is 0 Å². The molecule has 0 aliphatic carbocycles. The van der Waals surface area contributed by atoms with Crippen LogP contribution in [0.25, 0.3) is 33.6 Å². The second kappa shape index (κ2) is 18.0. The zero-order valence-electron chi connectivity index (χ0n) is 34.3. The third kappa shape index (κ3) is 8.59. The number of nitrogens with zero attached hydrogens (tertiary/aromatic N) is 1. The van der Waals surface area contributed by atoms with Crippen LogP contribution in [0, 0.1) is 13.8 Å². The largest absolute Gasteiger partial charge is 0.497 e. The molecule has 0 saturated heterocycles. The first kappa shape index (κ1) is 38.7. The minimum atomic E-state index is 0.839. The molecule has 0 aromatic heterocycles. The van der Waals surface area contributed by atoms with E-state index in [1.807, 2.05) is 0 Å². The molecule has 8 aromatic carbocycles. The predicted molar refractivity (Wildman–Crippen MR) is 253 cm³/mol. The lowest BCUT2D eigenvalue weighted by Gasteiger charge is -2.29. The molecule has 0 saturated carbocycles. The number of allylic oxidation sites excluding steroid dienone is 3. The van der Waals surface area contributed by atoms with Gasteiger partial charge in [0.25, 0.3) is 0 Å². The van der Waals surface area contributed by atoms with Gasteiger partial charge in [0.05, 0.1) is 12.8 Å². The van der Waals surface area contributed by atoms with Gasteiger partial charge < -0.3 is 9.64 Å². The minimum Gasteiger partial charge on any atom is -0.497 e. The van der Waals surface area contributed by atoms with E-state index in [2.05, 4.69) is 238 Å². The van der Waals surface area contributed by atoms with Crippen molar-refractivity contribution >= 4 is 50.6 Å². The molecule has 2 heteroatoms. The van der Waals surface area contributed by atoms with Crippen molar-refractivity contribution in [3.8, 4) is 5.75 Å². The Labute approximate surface area is 349 Å². The summed E-state index contributed by atoms with van der Waals surface area (Å²) in [5.74, 6) is 0.839. The molecule has 0 N–H and O–H groups in total. The van der Waals surface area contributed by atoms with Crippen molar-refractivity contribution < 1.29 is 4.74 Å². The summed E-state index contributed by atoms with van der Waals surface area (Å²) < 4.78 is 5.66. The summed E-state index contributed by atoms with van der Waals surface area (Å²) >= 11 is 0. The summed E-state index contributed by atoms with van der Waals surface area (Å²) in [5, 5.41) is 2.40. The van der Waals surface area contributed by atoms with E-state index in [0.717, 1.165) is 45.9 Å². The van der Waals surface area contributed by atoms with Gasteiger partial charge in [-0.05, 0) is 118 Å². The fraction of sp³-hybridized carbons (Fsp3) is 0.0877. The minimum absolute atomic E-state index is 0.839. The third-order valence-corrected chi connectivity index (χ3v) is 11.0. The molecule has 288 valence electrons. The Kier molecular flexibility index (Phi) is 11.8. The van der Waals surface area contributed by atoms with Gasteiger partial charge in [0.1, 0.15) is 5.75 Å². The van der Waals surface area contributed by atoms with E-state index in [-0.39, 0.29) is 0 Å². The first-order valence-corrected chi connectivity index (χ1v) is 20.4. The maximum Gasteiger partial charge on any atom is 0.119 e. The van der Waals surface area contributed by atoms with Crippen LogP contribution in [0.5, 0.6) is 5.75 Å². The van der Waals surface area contributed by atoms with Crippen LogP contribution in [-0.2, 0) is 0 Å². The van der Waals surface area contributed by atoms with Crippen molar-refractivity contribution in [1.82, 2.24) is 0 Å². The van der Waals surface area contributed by atoms with Gasteiger partial charge in [-0.25, -0.2) is 0 Å². The molecule has 0 aliphatic heterocycles. The molecule has 0 atom stereocenters. The van der Waals surface area contributed by atoms with Crippen molar-refractivity contribution in [3.05, 3.63) is 251 Å². The number of aryl methyl sites for hydroxylation is 2. The zero-order chi connectivity index (χ0) is 40.6. The van der Waals surface area contributed by atoms with Gasteiger partial charge >= 0.3 is 0 Å². The van der Waals surface area contributed by atoms with Gasteiger partial charge in [-0.1, -0.05) is 188 Å². The maximum atomic E-state index is 5.66. The number of benzene rings is 8. The van der Waals surface area contributed by atoms with Gasteiger partial charge in [-0.3, -0.25) is 0 Å². The summed E-state index contributed by atoms with van der Waals surface area (Å²) in [7, 11) is 1.72. The first-order chi connectivity index (χ1) is 29.0. The number of hydrogen-bond donors (Lipinski definition) is 0. The van der Waals surface area contributed by atoms with Crippen LogP contribution >= 0.6 is 0 Å². The SMILES string of the molecule is CC/C(=C/c1ccc(N(c2ccc(/C(=C/C=C(c3ccccc3)c3ccccc3)c3cccc(C)c3)cc2)c2ccc(OC)cc2C)c2ccccc12)c1ccccc1. The summed E-state index contributed by atoms with van der Waals surface area (Å²) in [4.78, 5) is 2.39. The highest BCUT2D eigenvalue weighted by Crippen LogP contribution is 2.43. The van der Waals surface area contributed by atoms with Gasteiger partial charge in [0, 0.05) is 16.8 Å². The summed E-state index contributed by atoms with van der Waals surface area (Å²) in [5.41, 5.74) is 16.4. The highest BCUT2D eigenvalue weighted by atomic mass is 16.5. The lowest BCUT2D eigenvalue weighted by molar-refractivity contribution is 0.414. The van der Waals surface area contributed by atoms with Gasteiger partial charge in [-0.2, -0.15) is 0 Å². The van der Waals surface area contributed by atoms with E-state index in [4.69, 9.17) is 4.74 Å². The number of anilines is 3. The van der Waals surface area contributed by atoms with E-state index in [1.54, 1.807) is 7.11 Å². The molecule has 0 heterocycles. The van der Waals surface area contributed by atoms with Crippen LogP contribution in [0.15, 0.2) is 206 Å². The van der Waals surface area contributed by atoms with Crippen LogP contribution in [0.2, 0.25) is 0 Å². The van der Waals surface area contributed by atoms with Crippen molar-refractivity contribution in [1.29, 1.82) is 0 Å². The monoisotopic (exact) mass is 763 g/mol. The molecule has 0 bridgehead atoms.